The van der Waals surface area contributed by atoms with Gasteiger partial charge in [-0.2, -0.15) is 4.98 Å². The van der Waals surface area contributed by atoms with Gasteiger partial charge in [0.1, 0.15) is 5.69 Å². The molecule has 3 N–H and O–H groups in total. The second-order valence-corrected chi connectivity index (χ2v) is 7.96. The SMILES string of the molecule is Cc1noc(-c2cc3cc(-c4nc(C(=O)NCC5CCOCC5)[nH]c4C)ccc3[nH]2)n1. The molecule has 4 heterocycles. The Labute approximate surface area is 178 Å². The van der Waals surface area contributed by atoms with Gasteiger partial charge < -0.3 is 24.5 Å². The summed E-state index contributed by atoms with van der Waals surface area (Å²) in [4.78, 5) is 27.9. The van der Waals surface area contributed by atoms with Crippen LogP contribution in [0.15, 0.2) is 28.8 Å². The summed E-state index contributed by atoms with van der Waals surface area (Å²) in [7, 11) is 0. The zero-order valence-electron chi connectivity index (χ0n) is 17.5. The van der Waals surface area contributed by atoms with E-state index in [2.05, 4.69) is 30.4 Å². The minimum atomic E-state index is -0.183. The van der Waals surface area contributed by atoms with Crippen molar-refractivity contribution < 1.29 is 14.1 Å². The van der Waals surface area contributed by atoms with E-state index in [0.29, 0.717) is 30.0 Å². The molecule has 1 aromatic carbocycles. The topological polar surface area (TPSA) is 122 Å². The average molecular weight is 420 g/mol. The van der Waals surface area contributed by atoms with E-state index in [0.717, 1.165) is 59.6 Å². The average Bonchev–Trinajstić information content (AvgIpc) is 3.50. The van der Waals surface area contributed by atoms with Crippen molar-refractivity contribution in [2.24, 2.45) is 5.92 Å². The number of hydrogen-bond donors (Lipinski definition) is 3. The zero-order valence-corrected chi connectivity index (χ0v) is 17.5. The first-order chi connectivity index (χ1) is 15.1. The van der Waals surface area contributed by atoms with E-state index < -0.39 is 0 Å². The summed E-state index contributed by atoms with van der Waals surface area (Å²) >= 11 is 0. The van der Waals surface area contributed by atoms with E-state index in [-0.39, 0.29) is 5.91 Å². The summed E-state index contributed by atoms with van der Waals surface area (Å²) in [5.41, 5.74) is 4.25. The van der Waals surface area contributed by atoms with Gasteiger partial charge in [0.25, 0.3) is 11.8 Å². The number of nitrogens with one attached hydrogen (secondary N) is 3. The van der Waals surface area contributed by atoms with Crippen molar-refractivity contribution in [2.75, 3.05) is 19.8 Å². The maximum Gasteiger partial charge on any atom is 0.287 e. The number of fused-ring (bicyclic) bond motifs is 1. The summed E-state index contributed by atoms with van der Waals surface area (Å²) < 4.78 is 10.6. The summed E-state index contributed by atoms with van der Waals surface area (Å²) in [6, 6.07) is 7.96. The number of ether oxygens (including phenoxy) is 1. The van der Waals surface area contributed by atoms with Crippen LogP contribution in [0.25, 0.3) is 33.7 Å². The van der Waals surface area contributed by atoms with Crippen LogP contribution >= 0.6 is 0 Å². The van der Waals surface area contributed by atoms with Gasteiger partial charge >= 0.3 is 0 Å². The van der Waals surface area contributed by atoms with Crippen molar-refractivity contribution in [1.29, 1.82) is 0 Å². The van der Waals surface area contributed by atoms with E-state index >= 15 is 0 Å². The fraction of sp³-hybridized carbons (Fsp3) is 0.364. The highest BCUT2D eigenvalue weighted by molar-refractivity contribution is 5.92. The Kier molecular flexibility index (Phi) is 5.03. The van der Waals surface area contributed by atoms with Crippen molar-refractivity contribution in [2.45, 2.75) is 26.7 Å². The summed E-state index contributed by atoms with van der Waals surface area (Å²) in [6.07, 6.45) is 1.95. The molecule has 1 aliphatic heterocycles. The fourth-order valence-corrected chi connectivity index (χ4v) is 3.92. The molecule has 3 aromatic heterocycles. The van der Waals surface area contributed by atoms with Gasteiger partial charge in [-0.1, -0.05) is 11.2 Å². The molecular weight excluding hydrogens is 396 g/mol. The van der Waals surface area contributed by atoms with Gasteiger partial charge in [0.05, 0.1) is 5.69 Å². The maximum atomic E-state index is 12.6. The minimum Gasteiger partial charge on any atom is -0.381 e. The third-order valence-corrected chi connectivity index (χ3v) is 5.64. The number of aryl methyl sites for hydroxylation is 2. The van der Waals surface area contributed by atoms with Crippen LogP contribution in [-0.4, -0.2) is 50.8 Å². The Morgan fingerprint density at radius 3 is 2.77 bits per heavy atom. The number of amides is 1. The number of carbonyl (C=O) groups is 1. The highest BCUT2D eigenvalue weighted by Crippen LogP contribution is 2.28. The second kappa shape index (κ2) is 7.99. The number of nitrogens with zero attached hydrogens (tertiary/aromatic N) is 3. The lowest BCUT2D eigenvalue weighted by Gasteiger charge is -2.21. The lowest BCUT2D eigenvalue weighted by Crippen LogP contribution is -2.32. The van der Waals surface area contributed by atoms with Gasteiger partial charge in [-0.3, -0.25) is 4.79 Å². The Morgan fingerprint density at radius 2 is 2.00 bits per heavy atom. The first-order valence-corrected chi connectivity index (χ1v) is 10.4. The van der Waals surface area contributed by atoms with Crippen molar-refractivity contribution in [3.63, 3.8) is 0 Å². The van der Waals surface area contributed by atoms with Crippen LogP contribution in [0.5, 0.6) is 0 Å². The Morgan fingerprint density at radius 1 is 1.16 bits per heavy atom. The fourth-order valence-electron chi connectivity index (χ4n) is 3.92. The normalized spacial score (nSPS) is 14.9. The molecule has 1 amide bonds. The predicted molar refractivity (Wildman–Crippen MR) is 115 cm³/mol. The van der Waals surface area contributed by atoms with Crippen molar-refractivity contribution >= 4 is 16.8 Å². The van der Waals surface area contributed by atoms with Crippen LogP contribution < -0.4 is 5.32 Å². The Hall–Kier alpha value is -3.46. The molecule has 1 aliphatic rings. The number of imidazole rings is 1. The molecule has 9 nitrogen and oxygen atoms in total. The maximum absolute atomic E-state index is 12.6. The monoisotopic (exact) mass is 420 g/mol. The first kappa shape index (κ1) is 19.5. The number of H-pyrrole nitrogens is 2. The van der Waals surface area contributed by atoms with Crippen LogP contribution in [0.2, 0.25) is 0 Å². The second-order valence-electron chi connectivity index (χ2n) is 7.96. The molecule has 0 unspecified atom stereocenters. The third-order valence-electron chi connectivity index (χ3n) is 5.64. The molecule has 0 atom stereocenters. The zero-order chi connectivity index (χ0) is 21.4. The van der Waals surface area contributed by atoms with Crippen molar-refractivity contribution in [3.8, 4) is 22.8 Å². The molecule has 0 aliphatic carbocycles. The molecule has 4 aromatic rings. The molecule has 31 heavy (non-hydrogen) atoms. The molecular formula is C22H24N6O3. The molecule has 9 heteroatoms. The number of benzene rings is 1. The standard InChI is InChI=1S/C22H24N6O3/c1-12-19(27-20(24-12)21(29)23-11-14-5-7-30-8-6-14)15-3-4-17-16(9-15)10-18(26-17)22-25-13(2)28-31-22/h3-4,9-10,14,26H,5-8,11H2,1-2H3,(H,23,29)(H,24,27). The molecule has 1 fully saturated rings. The molecule has 0 spiro atoms. The molecule has 5 rings (SSSR count). The molecule has 0 bridgehead atoms. The summed E-state index contributed by atoms with van der Waals surface area (Å²) in [6.45, 7) is 5.88. The summed E-state index contributed by atoms with van der Waals surface area (Å²) in [5.74, 6) is 1.65. The predicted octanol–water partition coefficient (Wildman–Crippen LogP) is 3.38. The molecule has 0 radical (unpaired) electrons. The Bertz CT molecular complexity index is 1230. The van der Waals surface area contributed by atoms with Crippen molar-refractivity contribution in [3.05, 3.63) is 41.6 Å². The highest BCUT2D eigenvalue weighted by Gasteiger charge is 2.19. The minimum absolute atomic E-state index is 0.183. The van der Waals surface area contributed by atoms with Gasteiger partial charge in [-0.15, -0.1) is 0 Å². The largest absolute Gasteiger partial charge is 0.381 e. The number of hydrogen-bond acceptors (Lipinski definition) is 6. The summed E-state index contributed by atoms with van der Waals surface area (Å²) in [5, 5.41) is 7.83. The first-order valence-electron chi connectivity index (χ1n) is 10.4. The van der Waals surface area contributed by atoms with E-state index in [1.165, 1.54) is 0 Å². The number of rotatable bonds is 5. The smallest absolute Gasteiger partial charge is 0.287 e. The molecule has 1 saturated heterocycles. The van der Waals surface area contributed by atoms with Gasteiger partial charge in [0.15, 0.2) is 11.6 Å². The lowest BCUT2D eigenvalue weighted by molar-refractivity contribution is 0.0641. The number of aromatic amines is 2. The number of carbonyl (C=O) groups excluding carboxylic acids is 1. The van der Waals surface area contributed by atoms with Gasteiger partial charge in [-0.05, 0) is 50.8 Å². The molecule has 160 valence electrons. The lowest BCUT2D eigenvalue weighted by atomic mass is 10.0. The number of aromatic nitrogens is 5. The van der Waals surface area contributed by atoms with Gasteiger partial charge in [-0.25, -0.2) is 4.98 Å². The van der Waals surface area contributed by atoms with Crippen molar-refractivity contribution in [1.82, 2.24) is 30.4 Å². The Balaban J connectivity index is 1.36. The van der Waals surface area contributed by atoms with E-state index in [1.54, 1.807) is 6.92 Å². The quantitative estimate of drug-likeness (QED) is 0.455. The van der Waals surface area contributed by atoms with E-state index in [4.69, 9.17) is 9.26 Å². The van der Waals surface area contributed by atoms with Crippen LogP contribution in [0, 0.1) is 19.8 Å². The molecule has 0 saturated carbocycles. The van der Waals surface area contributed by atoms with E-state index in [1.807, 2.05) is 31.2 Å². The van der Waals surface area contributed by atoms with Gasteiger partial charge in [0, 0.05) is 41.9 Å². The van der Waals surface area contributed by atoms with Crippen LogP contribution in [0.4, 0.5) is 0 Å². The van der Waals surface area contributed by atoms with Crippen LogP contribution in [-0.2, 0) is 4.74 Å². The van der Waals surface area contributed by atoms with E-state index in [9.17, 15) is 4.79 Å². The van der Waals surface area contributed by atoms with Gasteiger partial charge in [0.2, 0.25) is 0 Å². The van der Waals surface area contributed by atoms with Crippen LogP contribution in [0.3, 0.4) is 0 Å². The highest BCUT2D eigenvalue weighted by atomic mass is 16.5. The van der Waals surface area contributed by atoms with Crippen LogP contribution in [0.1, 0.15) is 35.0 Å². The third kappa shape index (κ3) is 3.96.